The van der Waals surface area contributed by atoms with Gasteiger partial charge >= 0.3 is 0 Å². The van der Waals surface area contributed by atoms with Crippen LogP contribution in [0.1, 0.15) is 46.5 Å². The Bertz CT molecular complexity index is 172. The second kappa shape index (κ2) is 3.30. The average molecular weight is 150 g/mol. The maximum atomic E-state index is 3.37. The molecule has 0 nitrogen and oxygen atoms in total. The van der Waals surface area contributed by atoms with Gasteiger partial charge in [-0.2, -0.15) is 0 Å². The van der Waals surface area contributed by atoms with Gasteiger partial charge in [0.25, 0.3) is 0 Å². The van der Waals surface area contributed by atoms with Gasteiger partial charge in [0.05, 0.1) is 0 Å². The molecular formula is C11H18. The van der Waals surface area contributed by atoms with Crippen LogP contribution in [0.2, 0.25) is 0 Å². The third-order valence-electron chi connectivity index (χ3n) is 2.37. The van der Waals surface area contributed by atoms with Gasteiger partial charge in [-0.3, -0.25) is 0 Å². The summed E-state index contributed by atoms with van der Waals surface area (Å²) >= 11 is 0. The van der Waals surface area contributed by atoms with Crippen molar-refractivity contribution in [3.05, 3.63) is 0 Å². The second-order valence-electron chi connectivity index (χ2n) is 4.49. The van der Waals surface area contributed by atoms with Crippen molar-refractivity contribution in [1.82, 2.24) is 0 Å². The molecule has 0 saturated carbocycles. The fourth-order valence-electron chi connectivity index (χ4n) is 1.48. The van der Waals surface area contributed by atoms with Gasteiger partial charge in [-0.1, -0.05) is 33.1 Å². The van der Waals surface area contributed by atoms with Crippen molar-refractivity contribution in [2.24, 2.45) is 11.3 Å². The van der Waals surface area contributed by atoms with Gasteiger partial charge in [0.15, 0.2) is 0 Å². The molecule has 1 unspecified atom stereocenters. The molecule has 0 bridgehead atoms. The molecule has 11 heavy (non-hydrogen) atoms. The fraction of sp³-hybridized carbons (Fsp3) is 0.818. The predicted octanol–water partition coefficient (Wildman–Crippen LogP) is 3.23. The Morgan fingerprint density at radius 1 is 1.18 bits per heavy atom. The first kappa shape index (κ1) is 8.65. The summed E-state index contributed by atoms with van der Waals surface area (Å²) in [6.45, 7) is 6.87. The van der Waals surface area contributed by atoms with Crippen molar-refractivity contribution < 1.29 is 0 Å². The Balaban J connectivity index is 2.60. The van der Waals surface area contributed by atoms with E-state index < -0.39 is 0 Å². The van der Waals surface area contributed by atoms with Crippen LogP contribution < -0.4 is 0 Å². The molecule has 0 aromatic heterocycles. The van der Waals surface area contributed by atoms with Crippen LogP contribution in [-0.4, -0.2) is 0 Å². The van der Waals surface area contributed by atoms with E-state index in [2.05, 4.69) is 32.6 Å². The summed E-state index contributed by atoms with van der Waals surface area (Å²) in [4.78, 5) is 0. The molecule has 1 atom stereocenters. The topological polar surface area (TPSA) is 0 Å². The van der Waals surface area contributed by atoms with Crippen molar-refractivity contribution in [3.8, 4) is 11.8 Å². The van der Waals surface area contributed by atoms with E-state index in [0.29, 0.717) is 11.3 Å². The lowest BCUT2D eigenvalue weighted by molar-refractivity contribution is 0.284. The highest BCUT2D eigenvalue weighted by Gasteiger charge is 2.22. The smallest absolute Gasteiger partial charge is 0.0251 e. The first-order valence-corrected chi connectivity index (χ1v) is 4.59. The van der Waals surface area contributed by atoms with Crippen LogP contribution in [0, 0.1) is 23.2 Å². The molecule has 0 aromatic carbocycles. The van der Waals surface area contributed by atoms with Crippen LogP contribution in [0.3, 0.4) is 0 Å². The van der Waals surface area contributed by atoms with Crippen molar-refractivity contribution in [1.29, 1.82) is 0 Å². The van der Waals surface area contributed by atoms with E-state index in [1.54, 1.807) is 0 Å². The Hall–Kier alpha value is -0.440. The lowest BCUT2D eigenvalue weighted by Crippen LogP contribution is -2.18. The zero-order chi connectivity index (χ0) is 8.32. The van der Waals surface area contributed by atoms with E-state index in [-0.39, 0.29) is 0 Å². The van der Waals surface area contributed by atoms with Crippen LogP contribution in [0.15, 0.2) is 0 Å². The molecule has 0 fully saturated rings. The Labute approximate surface area is 70.4 Å². The quantitative estimate of drug-likeness (QED) is 0.465. The van der Waals surface area contributed by atoms with Crippen LogP contribution in [0.4, 0.5) is 0 Å². The van der Waals surface area contributed by atoms with E-state index >= 15 is 0 Å². The zero-order valence-electron chi connectivity index (χ0n) is 7.91. The lowest BCUT2D eigenvalue weighted by atomic mass is 9.79. The first-order valence-electron chi connectivity index (χ1n) is 4.59. The molecule has 1 aliphatic carbocycles. The summed E-state index contributed by atoms with van der Waals surface area (Å²) in [6, 6.07) is 0. The Kier molecular flexibility index (Phi) is 2.60. The van der Waals surface area contributed by atoms with Gasteiger partial charge < -0.3 is 0 Å². The zero-order valence-corrected chi connectivity index (χ0v) is 7.91. The number of hydrogen-bond donors (Lipinski definition) is 0. The first-order chi connectivity index (χ1) is 5.11. The molecule has 0 radical (unpaired) electrons. The molecule has 62 valence electrons. The predicted molar refractivity (Wildman–Crippen MR) is 49.2 cm³/mol. The van der Waals surface area contributed by atoms with Crippen molar-refractivity contribution >= 4 is 0 Å². The van der Waals surface area contributed by atoms with Gasteiger partial charge in [0, 0.05) is 12.3 Å². The monoisotopic (exact) mass is 150 g/mol. The summed E-state index contributed by atoms with van der Waals surface area (Å²) in [7, 11) is 0. The van der Waals surface area contributed by atoms with E-state index in [1.807, 2.05) is 0 Å². The largest absolute Gasteiger partial charge is 0.103 e. The van der Waals surface area contributed by atoms with Crippen LogP contribution >= 0.6 is 0 Å². The van der Waals surface area contributed by atoms with Crippen molar-refractivity contribution in [2.75, 3.05) is 0 Å². The third kappa shape index (κ3) is 2.58. The molecule has 0 heterocycles. The molecule has 1 rings (SSSR count). The lowest BCUT2D eigenvalue weighted by Gasteiger charge is -2.25. The minimum Gasteiger partial charge on any atom is -0.103 e. The highest BCUT2D eigenvalue weighted by Crippen LogP contribution is 2.30. The van der Waals surface area contributed by atoms with E-state index in [0.717, 1.165) is 6.42 Å². The van der Waals surface area contributed by atoms with Gasteiger partial charge in [0.2, 0.25) is 0 Å². The normalized spacial score (nSPS) is 25.2. The van der Waals surface area contributed by atoms with Gasteiger partial charge in [-0.25, -0.2) is 0 Å². The summed E-state index contributed by atoms with van der Waals surface area (Å²) in [5.74, 6) is 7.26. The maximum Gasteiger partial charge on any atom is 0.0251 e. The van der Waals surface area contributed by atoms with E-state index in [1.165, 1.54) is 19.3 Å². The van der Waals surface area contributed by atoms with Crippen LogP contribution in [0.25, 0.3) is 0 Å². The molecule has 0 spiro atoms. The molecule has 1 aliphatic rings. The summed E-state index contributed by atoms with van der Waals surface area (Å²) in [5.41, 5.74) is 0.386. The maximum absolute atomic E-state index is 3.37. The highest BCUT2D eigenvalue weighted by molar-refractivity contribution is 5.08. The minimum absolute atomic E-state index is 0.386. The van der Waals surface area contributed by atoms with Gasteiger partial charge in [-0.15, -0.1) is 5.92 Å². The summed E-state index contributed by atoms with van der Waals surface area (Å²) in [5, 5.41) is 0. The molecular weight excluding hydrogens is 132 g/mol. The summed E-state index contributed by atoms with van der Waals surface area (Å²) < 4.78 is 0. The van der Waals surface area contributed by atoms with Crippen LogP contribution in [0.5, 0.6) is 0 Å². The van der Waals surface area contributed by atoms with Crippen molar-refractivity contribution in [3.63, 3.8) is 0 Å². The van der Waals surface area contributed by atoms with E-state index in [4.69, 9.17) is 0 Å². The molecule has 0 saturated heterocycles. The fourth-order valence-corrected chi connectivity index (χ4v) is 1.48. The van der Waals surface area contributed by atoms with Gasteiger partial charge in [-0.05, 0) is 18.3 Å². The number of hydrogen-bond acceptors (Lipinski definition) is 0. The van der Waals surface area contributed by atoms with Crippen LogP contribution in [-0.2, 0) is 0 Å². The van der Waals surface area contributed by atoms with E-state index in [9.17, 15) is 0 Å². The second-order valence-corrected chi connectivity index (χ2v) is 4.49. The number of rotatable bonds is 0. The average Bonchev–Trinajstić information content (AvgIpc) is 2.10. The third-order valence-corrected chi connectivity index (χ3v) is 2.37. The summed E-state index contributed by atoms with van der Waals surface area (Å²) in [6.07, 6.45) is 5.07. The standard InChI is InChI=1S/C11H18/c1-11(2,3)10-8-6-4-5-7-9-10/h10H,4-6,8H2,1-3H3. The SMILES string of the molecule is CC(C)(C)C1C#CCCCC1. The van der Waals surface area contributed by atoms with Gasteiger partial charge in [0.1, 0.15) is 0 Å². The molecule has 0 aromatic rings. The minimum atomic E-state index is 0.386. The Morgan fingerprint density at radius 3 is 2.55 bits per heavy atom. The van der Waals surface area contributed by atoms with Crippen molar-refractivity contribution in [2.45, 2.75) is 46.5 Å². The molecule has 0 N–H and O–H groups in total. The highest BCUT2D eigenvalue weighted by atomic mass is 14.3. The molecule has 0 aliphatic heterocycles. The molecule has 0 heteroatoms. The Morgan fingerprint density at radius 2 is 1.91 bits per heavy atom. The molecule has 0 amide bonds.